The van der Waals surface area contributed by atoms with E-state index >= 15 is 0 Å². The molecule has 0 aliphatic heterocycles. The summed E-state index contributed by atoms with van der Waals surface area (Å²) in [7, 11) is 0. The van der Waals surface area contributed by atoms with Crippen molar-refractivity contribution in [2.45, 2.75) is 6.29 Å². The monoisotopic (exact) mass is 169 g/mol. The van der Waals surface area contributed by atoms with Gasteiger partial charge >= 0.3 is 5.97 Å². The summed E-state index contributed by atoms with van der Waals surface area (Å²) in [5.41, 5.74) is -0.447. The van der Waals surface area contributed by atoms with Crippen LogP contribution >= 0.6 is 0 Å². The number of nitrogens with zero attached hydrogens (tertiary/aromatic N) is 1. The molecule has 0 aliphatic rings. The molecule has 0 spiro atoms. The number of aliphatic hydroxyl groups excluding tert-OH is 1. The second kappa shape index (κ2) is 3.29. The van der Waals surface area contributed by atoms with Gasteiger partial charge in [-0.25, -0.2) is 9.78 Å². The van der Waals surface area contributed by atoms with Crippen LogP contribution in [-0.4, -0.2) is 26.3 Å². The standard InChI is InChI=1S/C7H7NO4/c9-6(10)4-2-1-3-8-5(4)7(11)12/h1-3,6,9-10H,(H,11,12). The third kappa shape index (κ3) is 1.58. The number of carboxylic acids is 1. The molecule has 12 heavy (non-hydrogen) atoms. The molecule has 0 saturated carbocycles. The van der Waals surface area contributed by atoms with E-state index in [1.54, 1.807) is 0 Å². The zero-order chi connectivity index (χ0) is 9.14. The second-order valence-corrected chi connectivity index (χ2v) is 2.12. The summed E-state index contributed by atoms with van der Waals surface area (Å²) < 4.78 is 0. The molecule has 0 atom stereocenters. The summed E-state index contributed by atoms with van der Waals surface area (Å²) in [5, 5.41) is 25.9. The fourth-order valence-corrected chi connectivity index (χ4v) is 0.805. The zero-order valence-corrected chi connectivity index (χ0v) is 6.01. The number of hydrogen-bond donors (Lipinski definition) is 3. The van der Waals surface area contributed by atoms with Crippen molar-refractivity contribution in [3.63, 3.8) is 0 Å². The highest BCUT2D eigenvalue weighted by Crippen LogP contribution is 2.12. The van der Waals surface area contributed by atoms with Crippen molar-refractivity contribution in [1.29, 1.82) is 0 Å². The number of carbonyl (C=O) groups is 1. The van der Waals surface area contributed by atoms with Crippen LogP contribution in [0.4, 0.5) is 0 Å². The Kier molecular flexibility index (Phi) is 2.37. The molecule has 1 aromatic rings. The van der Waals surface area contributed by atoms with Crippen LogP contribution in [0.1, 0.15) is 22.3 Å². The Morgan fingerprint density at radius 1 is 1.50 bits per heavy atom. The quantitative estimate of drug-likeness (QED) is 0.531. The largest absolute Gasteiger partial charge is 0.476 e. The minimum atomic E-state index is -1.80. The fourth-order valence-electron chi connectivity index (χ4n) is 0.805. The first kappa shape index (κ1) is 8.63. The van der Waals surface area contributed by atoms with Crippen molar-refractivity contribution >= 4 is 5.97 Å². The summed E-state index contributed by atoms with van der Waals surface area (Å²) in [5.74, 6) is -1.28. The number of pyridine rings is 1. The van der Waals surface area contributed by atoms with Crippen molar-refractivity contribution in [2.24, 2.45) is 0 Å². The van der Waals surface area contributed by atoms with Gasteiger partial charge in [-0.05, 0) is 12.1 Å². The molecule has 0 radical (unpaired) electrons. The highest BCUT2D eigenvalue weighted by Gasteiger charge is 2.15. The highest BCUT2D eigenvalue weighted by atomic mass is 16.5. The van der Waals surface area contributed by atoms with E-state index < -0.39 is 12.3 Å². The Morgan fingerprint density at radius 2 is 2.17 bits per heavy atom. The van der Waals surface area contributed by atoms with E-state index in [-0.39, 0.29) is 11.3 Å². The molecule has 5 heteroatoms. The number of carboxylic acid groups (broad SMARTS) is 1. The third-order valence-corrected chi connectivity index (χ3v) is 1.32. The van der Waals surface area contributed by atoms with E-state index in [9.17, 15) is 4.79 Å². The summed E-state index contributed by atoms with van der Waals surface area (Å²) in [6, 6.07) is 2.72. The first-order valence-electron chi connectivity index (χ1n) is 3.17. The molecular formula is C7H7NO4. The smallest absolute Gasteiger partial charge is 0.354 e. The Labute approximate surface area is 67.9 Å². The molecule has 0 aliphatic carbocycles. The average Bonchev–Trinajstić information content (AvgIpc) is 2.04. The maximum atomic E-state index is 10.4. The van der Waals surface area contributed by atoms with E-state index in [4.69, 9.17) is 15.3 Å². The van der Waals surface area contributed by atoms with Crippen LogP contribution < -0.4 is 0 Å². The van der Waals surface area contributed by atoms with Gasteiger partial charge in [0, 0.05) is 11.8 Å². The van der Waals surface area contributed by atoms with Gasteiger partial charge in [0.1, 0.15) is 0 Å². The molecule has 64 valence electrons. The van der Waals surface area contributed by atoms with Gasteiger partial charge in [-0.2, -0.15) is 0 Å². The molecular weight excluding hydrogens is 162 g/mol. The number of aliphatic hydroxyl groups is 2. The van der Waals surface area contributed by atoms with Crippen LogP contribution in [-0.2, 0) is 0 Å². The van der Waals surface area contributed by atoms with Crippen molar-refractivity contribution in [2.75, 3.05) is 0 Å². The molecule has 1 aromatic heterocycles. The number of rotatable bonds is 2. The number of hydrogen-bond acceptors (Lipinski definition) is 4. The van der Waals surface area contributed by atoms with Gasteiger partial charge in [0.2, 0.25) is 0 Å². The highest BCUT2D eigenvalue weighted by molar-refractivity contribution is 5.87. The van der Waals surface area contributed by atoms with E-state index in [1.807, 2.05) is 0 Å². The van der Waals surface area contributed by atoms with E-state index in [2.05, 4.69) is 4.98 Å². The summed E-state index contributed by atoms with van der Waals surface area (Å²) in [6.07, 6.45) is -0.528. The molecule has 0 fully saturated rings. The molecule has 0 saturated heterocycles. The topological polar surface area (TPSA) is 90.7 Å². The van der Waals surface area contributed by atoms with Gasteiger partial charge in [0.15, 0.2) is 12.0 Å². The van der Waals surface area contributed by atoms with Gasteiger partial charge in [-0.3, -0.25) is 0 Å². The lowest BCUT2D eigenvalue weighted by Crippen LogP contribution is -2.08. The number of aromatic nitrogens is 1. The fraction of sp³-hybridized carbons (Fsp3) is 0.143. The van der Waals surface area contributed by atoms with Crippen LogP contribution in [0.5, 0.6) is 0 Å². The lowest BCUT2D eigenvalue weighted by molar-refractivity contribution is -0.0435. The molecule has 0 amide bonds. The second-order valence-electron chi connectivity index (χ2n) is 2.12. The van der Waals surface area contributed by atoms with Crippen LogP contribution in [0.25, 0.3) is 0 Å². The molecule has 3 N–H and O–H groups in total. The Balaban J connectivity index is 3.17. The normalized spacial score (nSPS) is 10.2. The third-order valence-electron chi connectivity index (χ3n) is 1.32. The minimum absolute atomic E-state index is 0.106. The summed E-state index contributed by atoms with van der Waals surface area (Å²) in [6.45, 7) is 0. The zero-order valence-electron chi connectivity index (χ0n) is 6.01. The van der Waals surface area contributed by atoms with Crippen LogP contribution in [0.15, 0.2) is 18.3 Å². The Morgan fingerprint density at radius 3 is 2.58 bits per heavy atom. The Hall–Kier alpha value is -1.46. The minimum Gasteiger partial charge on any atom is -0.476 e. The van der Waals surface area contributed by atoms with Gasteiger partial charge in [0.05, 0.1) is 0 Å². The van der Waals surface area contributed by atoms with Crippen LogP contribution in [0.3, 0.4) is 0 Å². The van der Waals surface area contributed by atoms with Crippen LogP contribution in [0, 0.1) is 0 Å². The Bertz CT molecular complexity index is 297. The van der Waals surface area contributed by atoms with Gasteiger partial charge in [0.25, 0.3) is 0 Å². The maximum Gasteiger partial charge on any atom is 0.354 e. The predicted octanol–water partition coefficient (Wildman–Crippen LogP) is -0.237. The molecule has 0 bridgehead atoms. The number of aromatic carboxylic acids is 1. The van der Waals surface area contributed by atoms with Crippen molar-refractivity contribution in [1.82, 2.24) is 4.98 Å². The molecule has 1 rings (SSSR count). The van der Waals surface area contributed by atoms with Crippen molar-refractivity contribution in [3.05, 3.63) is 29.6 Å². The first-order valence-corrected chi connectivity index (χ1v) is 3.17. The van der Waals surface area contributed by atoms with Crippen molar-refractivity contribution in [3.8, 4) is 0 Å². The lowest BCUT2D eigenvalue weighted by atomic mass is 10.2. The molecule has 0 aromatic carbocycles. The lowest BCUT2D eigenvalue weighted by Gasteiger charge is -2.05. The molecule has 5 nitrogen and oxygen atoms in total. The van der Waals surface area contributed by atoms with E-state index in [0.29, 0.717) is 0 Å². The van der Waals surface area contributed by atoms with E-state index in [1.165, 1.54) is 18.3 Å². The molecule has 0 unspecified atom stereocenters. The van der Waals surface area contributed by atoms with Crippen molar-refractivity contribution < 1.29 is 20.1 Å². The predicted molar refractivity (Wildman–Crippen MR) is 38.4 cm³/mol. The van der Waals surface area contributed by atoms with Gasteiger partial charge in [-0.15, -0.1) is 0 Å². The summed E-state index contributed by atoms with van der Waals surface area (Å²) >= 11 is 0. The SMILES string of the molecule is O=C(O)c1ncccc1C(O)O. The molecule has 1 heterocycles. The van der Waals surface area contributed by atoms with Gasteiger partial charge < -0.3 is 15.3 Å². The average molecular weight is 169 g/mol. The van der Waals surface area contributed by atoms with Gasteiger partial charge in [-0.1, -0.05) is 0 Å². The van der Waals surface area contributed by atoms with E-state index in [0.717, 1.165) is 0 Å². The summed E-state index contributed by atoms with van der Waals surface area (Å²) in [4.78, 5) is 13.9. The first-order chi connectivity index (χ1) is 5.63. The maximum absolute atomic E-state index is 10.4. The van der Waals surface area contributed by atoms with Crippen LogP contribution in [0.2, 0.25) is 0 Å².